The van der Waals surface area contributed by atoms with Gasteiger partial charge in [0.1, 0.15) is 0 Å². The van der Waals surface area contributed by atoms with Gasteiger partial charge in [0.2, 0.25) is 11.8 Å². The maximum atomic E-state index is 11.1. The average Bonchev–Trinajstić information content (AvgIpc) is 2.31. The van der Waals surface area contributed by atoms with Crippen LogP contribution in [0.2, 0.25) is 0 Å². The first-order valence-electron chi connectivity index (χ1n) is 6.55. The molecule has 4 heteroatoms. The minimum atomic E-state index is 0.219. The Kier molecular flexibility index (Phi) is 5.45. The van der Waals surface area contributed by atoms with E-state index in [0.717, 1.165) is 32.4 Å². The SMILES string of the molecule is CC1CCCN(C)C1=O.CC1CCCNC1=O. The molecule has 2 fully saturated rings. The lowest BCUT2D eigenvalue weighted by molar-refractivity contribution is -0.136. The van der Waals surface area contributed by atoms with Crippen LogP contribution in [0.25, 0.3) is 0 Å². The minimum absolute atomic E-state index is 0.219. The molecule has 0 aromatic rings. The number of amides is 2. The van der Waals surface area contributed by atoms with Crippen LogP contribution in [0.15, 0.2) is 0 Å². The molecule has 98 valence electrons. The third kappa shape index (κ3) is 4.36. The van der Waals surface area contributed by atoms with E-state index < -0.39 is 0 Å². The lowest BCUT2D eigenvalue weighted by atomic mass is 10.0. The van der Waals surface area contributed by atoms with Crippen LogP contribution in [0, 0.1) is 11.8 Å². The molecule has 2 rings (SSSR count). The van der Waals surface area contributed by atoms with Gasteiger partial charge >= 0.3 is 0 Å². The molecule has 2 atom stereocenters. The molecule has 0 bridgehead atoms. The number of carbonyl (C=O) groups is 2. The third-order valence-electron chi connectivity index (χ3n) is 3.49. The van der Waals surface area contributed by atoms with Crippen LogP contribution in [0.1, 0.15) is 39.5 Å². The molecule has 0 radical (unpaired) electrons. The smallest absolute Gasteiger partial charge is 0.225 e. The van der Waals surface area contributed by atoms with E-state index in [1.807, 2.05) is 25.8 Å². The standard InChI is InChI=1S/C7H13NO.C6H11NO/c1-6-4-3-5-8(2)7(6)9;1-5-3-2-4-7-6(5)8/h6H,3-5H2,1-2H3;5H,2-4H2,1H3,(H,7,8). The van der Waals surface area contributed by atoms with Gasteiger partial charge < -0.3 is 10.2 Å². The maximum Gasteiger partial charge on any atom is 0.225 e. The zero-order valence-electron chi connectivity index (χ0n) is 11.2. The van der Waals surface area contributed by atoms with Crippen LogP contribution in [0.4, 0.5) is 0 Å². The van der Waals surface area contributed by atoms with Crippen molar-refractivity contribution in [3.05, 3.63) is 0 Å². The molecule has 2 aliphatic heterocycles. The van der Waals surface area contributed by atoms with Crippen LogP contribution in [0.5, 0.6) is 0 Å². The van der Waals surface area contributed by atoms with E-state index >= 15 is 0 Å². The van der Waals surface area contributed by atoms with Gasteiger partial charge in [0.15, 0.2) is 0 Å². The molecule has 2 unspecified atom stereocenters. The Morgan fingerprint density at radius 1 is 1.12 bits per heavy atom. The van der Waals surface area contributed by atoms with Crippen molar-refractivity contribution >= 4 is 11.8 Å². The number of rotatable bonds is 0. The molecule has 1 N–H and O–H groups in total. The average molecular weight is 240 g/mol. The normalized spacial score (nSPS) is 29.2. The van der Waals surface area contributed by atoms with Gasteiger partial charge in [-0.15, -0.1) is 0 Å². The highest BCUT2D eigenvalue weighted by Gasteiger charge is 2.21. The number of nitrogens with one attached hydrogen (secondary N) is 1. The van der Waals surface area contributed by atoms with Crippen molar-refractivity contribution in [3.8, 4) is 0 Å². The van der Waals surface area contributed by atoms with Crippen molar-refractivity contribution in [3.63, 3.8) is 0 Å². The summed E-state index contributed by atoms with van der Waals surface area (Å²) >= 11 is 0. The Morgan fingerprint density at radius 3 is 2.18 bits per heavy atom. The van der Waals surface area contributed by atoms with Crippen molar-refractivity contribution in [2.75, 3.05) is 20.1 Å². The summed E-state index contributed by atoms with van der Waals surface area (Å²) in [6.07, 6.45) is 4.45. The lowest BCUT2D eigenvalue weighted by Gasteiger charge is -2.26. The van der Waals surface area contributed by atoms with Gasteiger partial charge in [-0.2, -0.15) is 0 Å². The molecule has 17 heavy (non-hydrogen) atoms. The molecule has 0 aliphatic carbocycles. The summed E-state index contributed by atoms with van der Waals surface area (Å²) in [6, 6.07) is 0. The van der Waals surface area contributed by atoms with Crippen LogP contribution >= 0.6 is 0 Å². The highest BCUT2D eigenvalue weighted by atomic mass is 16.2. The summed E-state index contributed by atoms with van der Waals surface area (Å²) in [4.78, 5) is 23.5. The fourth-order valence-corrected chi connectivity index (χ4v) is 2.17. The molecular weight excluding hydrogens is 216 g/mol. The number of carbonyl (C=O) groups excluding carboxylic acids is 2. The molecule has 2 aliphatic rings. The summed E-state index contributed by atoms with van der Waals surface area (Å²) in [5, 5.41) is 2.79. The molecule has 2 saturated heterocycles. The molecule has 0 aromatic carbocycles. The van der Waals surface area contributed by atoms with Gasteiger partial charge in [0.25, 0.3) is 0 Å². The second-order valence-corrected chi connectivity index (χ2v) is 5.14. The van der Waals surface area contributed by atoms with Crippen molar-refractivity contribution in [2.45, 2.75) is 39.5 Å². The molecule has 4 nitrogen and oxygen atoms in total. The highest BCUT2D eigenvalue weighted by molar-refractivity contribution is 5.79. The maximum absolute atomic E-state index is 11.1. The van der Waals surface area contributed by atoms with Crippen LogP contribution in [-0.2, 0) is 9.59 Å². The van der Waals surface area contributed by atoms with E-state index in [0.29, 0.717) is 5.91 Å². The van der Waals surface area contributed by atoms with Gasteiger partial charge in [0, 0.05) is 32.0 Å². The highest BCUT2D eigenvalue weighted by Crippen LogP contribution is 2.14. The zero-order chi connectivity index (χ0) is 12.8. The van der Waals surface area contributed by atoms with Gasteiger partial charge in [0.05, 0.1) is 0 Å². The Morgan fingerprint density at radius 2 is 1.76 bits per heavy atom. The number of hydrogen-bond acceptors (Lipinski definition) is 2. The Bertz CT molecular complexity index is 267. The number of likely N-dealkylation sites (tertiary alicyclic amines) is 1. The van der Waals surface area contributed by atoms with Crippen molar-refractivity contribution in [1.82, 2.24) is 10.2 Å². The lowest BCUT2D eigenvalue weighted by Crippen LogP contribution is -2.36. The molecular formula is C13H24N2O2. The fraction of sp³-hybridized carbons (Fsp3) is 0.846. The summed E-state index contributed by atoms with van der Waals surface area (Å²) in [6.45, 7) is 5.79. The number of hydrogen-bond donors (Lipinski definition) is 1. The topological polar surface area (TPSA) is 49.4 Å². The van der Waals surface area contributed by atoms with E-state index in [2.05, 4.69) is 5.32 Å². The first-order valence-corrected chi connectivity index (χ1v) is 6.55. The molecule has 2 heterocycles. The molecule has 0 saturated carbocycles. The summed E-state index contributed by atoms with van der Waals surface area (Å²) < 4.78 is 0. The number of piperidine rings is 2. The predicted molar refractivity (Wildman–Crippen MR) is 67.4 cm³/mol. The van der Waals surface area contributed by atoms with E-state index in [-0.39, 0.29) is 17.7 Å². The van der Waals surface area contributed by atoms with E-state index in [1.54, 1.807) is 0 Å². The van der Waals surface area contributed by atoms with E-state index in [9.17, 15) is 9.59 Å². The quantitative estimate of drug-likeness (QED) is 0.696. The second kappa shape index (κ2) is 6.62. The van der Waals surface area contributed by atoms with Crippen molar-refractivity contribution in [1.29, 1.82) is 0 Å². The van der Waals surface area contributed by atoms with Crippen LogP contribution in [0.3, 0.4) is 0 Å². The van der Waals surface area contributed by atoms with E-state index in [1.165, 1.54) is 6.42 Å². The van der Waals surface area contributed by atoms with Gasteiger partial charge in [-0.25, -0.2) is 0 Å². The van der Waals surface area contributed by atoms with Crippen LogP contribution in [-0.4, -0.2) is 36.9 Å². The van der Waals surface area contributed by atoms with Gasteiger partial charge in [-0.3, -0.25) is 9.59 Å². The van der Waals surface area contributed by atoms with E-state index in [4.69, 9.17) is 0 Å². The fourth-order valence-electron chi connectivity index (χ4n) is 2.17. The largest absolute Gasteiger partial charge is 0.356 e. The van der Waals surface area contributed by atoms with Crippen molar-refractivity contribution in [2.24, 2.45) is 11.8 Å². The minimum Gasteiger partial charge on any atom is -0.356 e. The Balaban J connectivity index is 0.000000171. The zero-order valence-corrected chi connectivity index (χ0v) is 11.2. The van der Waals surface area contributed by atoms with Gasteiger partial charge in [-0.1, -0.05) is 13.8 Å². The Hall–Kier alpha value is -1.06. The Labute approximate surface area is 104 Å². The summed E-state index contributed by atoms with van der Waals surface area (Å²) in [5.41, 5.74) is 0. The third-order valence-corrected chi connectivity index (χ3v) is 3.49. The van der Waals surface area contributed by atoms with Crippen LogP contribution < -0.4 is 5.32 Å². The summed E-state index contributed by atoms with van der Waals surface area (Å²) in [7, 11) is 1.87. The molecule has 2 amide bonds. The monoisotopic (exact) mass is 240 g/mol. The number of nitrogens with zero attached hydrogens (tertiary/aromatic N) is 1. The summed E-state index contributed by atoms with van der Waals surface area (Å²) in [5.74, 6) is 1.05. The molecule has 0 spiro atoms. The van der Waals surface area contributed by atoms with Crippen molar-refractivity contribution < 1.29 is 9.59 Å². The predicted octanol–water partition coefficient (Wildman–Crippen LogP) is 1.41. The second-order valence-electron chi connectivity index (χ2n) is 5.14. The first-order chi connectivity index (χ1) is 8.02. The van der Waals surface area contributed by atoms with Gasteiger partial charge in [-0.05, 0) is 25.7 Å². The molecule has 0 aromatic heterocycles. The first kappa shape index (κ1) is 14.0.